The van der Waals surface area contributed by atoms with Crippen LogP contribution in [0.2, 0.25) is 0 Å². The maximum absolute atomic E-state index is 12.5. The van der Waals surface area contributed by atoms with Crippen molar-refractivity contribution < 1.29 is 38.2 Å². The third kappa shape index (κ3) is 30.8. The van der Waals surface area contributed by atoms with Crippen LogP contribution in [0.3, 0.4) is 0 Å². The van der Waals surface area contributed by atoms with Gasteiger partial charge in [0, 0.05) is 19.3 Å². The van der Waals surface area contributed by atoms with Crippen LogP contribution < -0.4 is 0 Å². The SMILES string of the molecule is CC/C=C/C/C=C/C/C=C/C/C=C/CCCCCCCCC(=O)OCC(COCCC(C(=O)O)[N+](C)(C)C)OC(=O)CC/C=C/C/C=C/CC. The van der Waals surface area contributed by atoms with Crippen molar-refractivity contribution in [3.8, 4) is 0 Å². The first-order chi connectivity index (χ1) is 24.1. The van der Waals surface area contributed by atoms with Gasteiger partial charge < -0.3 is 23.8 Å². The molecule has 0 aliphatic rings. The summed E-state index contributed by atoms with van der Waals surface area (Å²) in [5.41, 5.74) is 0. The van der Waals surface area contributed by atoms with Gasteiger partial charge in [-0.3, -0.25) is 9.59 Å². The van der Waals surface area contributed by atoms with Gasteiger partial charge >= 0.3 is 17.9 Å². The quantitative estimate of drug-likeness (QED) is 0.0323. The zero-order chi connectivity index (χ0) is 37.1. The molecule has 2 unspecified atom stereocenters. The number of ether oxygens (including phenoxy) is 3. The van der Waals surface area contributed by atoms with Gasteiger partial charge in [-0.15, -0.1) is 0 Å². The lowest BCUT2D eigenvalue weighted by atomic mass is 10.1. The summed E-state index contributed by atoms with van der Waals surface area (Å²) in [6.45, 7) is 4.36. The molecule has 0 aromatic carbocycles. The smallest absolute Gasteiger partial charge is 0.362 e. The molecule has 0 saturated carbocycles. The van der Waals surface area contributed by atoms with Gasteiger partial charge in [-0.1, -0.05) is 112 Å². The van der Waals surface area contributed by atoms with Crippen molar-refractivity contribution in [3.63, 3.8) is 0 Å². The molecule has 0 aliphatic carbocycles. The Morgan fingerprint density at radius 1 is 0.600 bits per heavy atom. The number of allylic oxidation sites excluding steroid dienone is 12. The Labute approximate surface area is 304 Å². The molecule has 1 N–H and O–H groups in total. The maximum Gasteiger partial charge on any atom is 0.362 e. The van der Waals surface area contributed by atoms with E-state index in [-0.39, 0.29) is 42.7 Å². The molecule has 50 heavy (non-hydrogen) atoms. The molecule has 2 atom stereocenters. The average Bonchev–Trinajstić information content (AvgIpc) is 3.06. The van der Waals surface area contributed by atoms with Crippen LogP contribution in [-0.2, 0) is 28.6 Å². The fourth-order valence-corrected chi connectivity index (χ4v) is 4.96. The molecule has 0 heterocycles. The van der Waals surface area contributed by atoms with Gasteiger partial charge in [0.25, 0.3) is 0 Å². The van der Waals surface area contributed by atoms with Crippen molar-refractivity contribution in [1.82, 2.24) is 0 Å². The minimum atomic E-state index is -0.891. The first kappa shape index (κ1) is 46.8. The van der Waals surface area contributed by atoms with E-state index in [1.807, 2.05) is 33.3 Å². The van der Waals surface area contributed by atoms with E-state index in [1.165, 1.54) is 12.8 Å². The van der Waals surface area contributed by atoms with Crippen LogP contribution in [0, 0.1) is 0 Å². The van der Waals surface area contributed by atoms with Crippen LogP contribution in [0.5, 0.6) is 0 Å². The normalized spacial score (nSPS) is 13.9. The monoisotopic (exact) mass is 701 g/mol. The fraction of sp³-hybridized carbons (Fsp3) is 0.643. The predicted molar refractivity (Wildman–Crippen MR) is 206 cm³/mol. The third-order valence-corrected chi connectivity index (χ3v) is 7.86. The summed E-state index contributed by atoms with van der Waals surface area (Å²) < 4.78 is 17.0. The molecule has 0 amide bonds. The van der Waals surface area contributed by atoms with Crippen LogP contribution in [0.1, 0.15) is 123 Å². The molecule has 0 bridgehead atoms. The summed E-state index contributed by atoms with van der Waals surface area (Å²) in [5.74, 6) is -1.59. The maximum atomic E-state index is 12.5. The first-order valence-corrected chi connectivity index (χ1v) is 19.0. The summed E-state index contributed by atoms with van der Waals surface area (Å²) >= 11 is 0. The minimum absolute atomic E-state index is 0.0288. The van der Waals surface area contributed by atoms with Crippen LogP contribution in [0.25, 0.3) is 0 Å². The highest BCUT2D eigenvalue weighted by molar-refractivity contribution is 5.72. The Morgan fingerprint density at radius 2 is 1.10 bits per heavy atom. The van der Waals surface area contributed by atoms with Crippen molar-refractivity contribution >= 4 is 17.9 Å². The Morgan fingerprint density at radius 3 is 1.64 bits per heavy atom. The third-order valence-electron chi connectivity index (χ3n) is 7.86. The number of rotatable bonds is 32. The van der Waals surface area contributed by atoms with Crippen LogP contribution in [-0.4, -0.2) is 80.6 Å². The zero-order valence-corrected chi connectivity index (χ0v) is 32.1. The van der Waals surface area contributed by atoms with Gasteiger partial charge in [-0.05, 0) is 64.2 Å². The van der Waals surface area contributed by atoms with E-state index in [0.717, 1.165) is 70.6 Å². The predicted octanol–water partition coefficient (Wildman–Crippen LogP) is 9.63. The molecule has 0 aromatic heterocycles. The lowest BCUT2D eigenvalue weighted by Gasteiger charge is -2.31. The van der Waals surface area contributed by atoms with E-state index in [2.05, 4.69) is 74.6 Å². The topological polar surface area (TPSA) is 99.1 Å². The van der Waals surface area contributed by atoms with Crippen molar-refractivity contribution in [2.45, 2.75) is 135 Å². The van der Waals surface area contributed by atoms with E-state index in [4.69, 9.17) is 14.2 Å². The largest absolute Gasteiger partial charge is 0.477 e. The highest BCUT2D eigenvalue weighted by atomic mass is 16.6. The Kier molecular flexibility index (Phi) is 30.8. The standard InChI is InChI=1S/C42H69NO7/c1-6-8-10-12-14-15-16-17-18-19-20-21-22-23-24-25-27-28-30-32-40(44)49-37-38(36-48-35-34-39(42(46)47)43(3,4)5)50-41(45)33-31-29-26-13-11-9-7-2/h8-11,14-15,17-18,20-21,26,29,38-39H,6-7,12-13,16,19,22-25,27-28,30-37H2,1-5H3/p+1/b10-8+,11-9+,15-14+,18-17+,21-20+,29-26+. The van der Waals surface area contributed by atoms with Gasteiger partial charge in [0.15, 0.2) is 12.1 Å². The van der Waals surface area contributed by atoms with Crippen molar-refractivity contribution in [2.24, 2.45) is 0 Å². The highest BCUT2D eigenvalue weighted by Gasteiger charge is 2.31. The number of quaternary nitrogens is 1. The number of carbonyl (C=O) groups is 3. The number of carboxylic acid groups (broad SMARTS) is 1. The van der Waals surface area contributed by atoms with Crippen LogP contribution in [0.15, 0.2) is 72.9 Å². The van der Waals surface area contributed by atoms with Gasteiger partial charge in [0.2, 0.25) is 0 Å². The van der Waals surface area contributed by atoms with Gasteiger partial charge in [-0.25, -0.2) is 4.79 Å². The van der Waals surface area contributed by atoms with Crippen molar-refractivity contribution in [1.29, 1.82) is 0 Å². The Bertz CT molecular complexity index is 1050. The number of carbonyl (C=O) groups excluding carboxylic acids is 2. The number of aliphatic carboxylic acids is 1. The molecule has 0 aliphatic heterocycles. The molecule has 0 spiro atoms. The minimum Gasteiger partial charge on any atom is -0.477 e. The van der Waals surface area contributed by atoms with Gasteiger partial charge in [0.1, 0.15) is 6.61 Å². The number of hydrogen-bond donors (Lipinski definition) is 1. The zero-order valence-electron chi connectivity index (χ0n) is 32.1. The molecule has 8 nitrogen and oxygen atoms in total. The van der Waals surface area contributed by atoms with Crippen molar-refractivity contribution in [2.75, 3.05) is 41.0 Å². The van der Waals surface area contributed by atoms with E-state index >= 15 is 0 Å². The fourth-order valence-electron chi connectivity index (χ4n) is 4.96. The Hall–Kier alpha value is -3.23. The summed E-state index contributed by atoms with van der Waals surface area (Å²) in [7, 11) is 5.47. The number of likely N-dealkylation sites (N-methyl/N-ethyl adjacent to an activating group) is 1. The van der Waals surface area contributed by atoms with Gasteiger partial charge in [-0.2, -0.15) is 0 Å². The van der Waals surface area contributed by atoms with Crippen LogP contribution >= 0.6 is 0 Å². The lowest BCUT2D eigenvalue weighted by Crippen LogP contribution is -2.50. The second-order valence-electron chi connectivity index (χ2n) is 13.4. The van der Waals surface area contributed by atoms with E-state index in [0.29, 0.717) is 19.3 Å². The molecule has 284 valence electrons. The average molecular weight is 701 g/mol. The number of nitrogens with zero attached hydrogens (tertiary/aromatic N) is 1. The summed E-state index contributed by atoms with van der Waals surface area (Å²) in [6.07, 6.45) is 39.9. The van der Waals surface area contributed by atoms with Gasteiger partial charge in [0.05, 0.1) is 34.4 Å². The van der Waals surface area contributed by atoms with Crippen LogP contribution in [0.4, 0.5) is 0 Å². The molecule has 0 saturated heterocycles. The lowest BCUT2D eigenvalue weighted by molar-refractivity contribution is -0.887. The number of unbranched alkanes of at least 4 members (excludes halogenated alkanes) is 6. The van der Waals surface area contributed by atoms with E-state index < -0.39 is 18.1 Å². The molecular formula is C42H70NO7+. The van der Waals surface area contributed by atoms with E-state index in [9.17, 15) is 19.5 Å². The number of esters is 2. The summed E-state index contributed by atoms with van der Waals surface area (Å²) in [6, 6.07) is -0.627. The molecule has 0 aromatic rings. The molecule has 0 fully saturated rings. The summed E-state index contributed by atoms with van der Waals surface area (Å²) in [5, 5.41) is 9.56. The summed E-state index contributed by atoms with van der Waals surface area (Å²) in [4.78, 5) is 36.6. The molecular weight excluding hydrogens is 630 g/mol. The molecule has 8 heteroatoms. The van der Waals surface area contributed by atoms with E-state index in [1.54, 1.807) is 0 Å². The Balaban J connectivity index is 4.35. The van der Waals surface area contributed by atoms with Crippen molar-refractivity contribution in [3.05, 3.63) is 72.9 Å². The molecule has 0 rings (SSSR count). The number of carboxylic acids is 1. The highest BCUT2D eigenvalue weighted by Crippen LogP contribution is 2.12. The molecule has 0 radical (unpaired) electrons. The number of hydrogen-bond acceptors (Lipinski definition) is 6. The second kappa shape index (κ2) is 32.9. The first-order valence-electron chi connectivity index (χ1n) is 19.0. The second-order valence-corrected chi connectivity index (χ2v) is 13.4.